The van der Waals surface area contributed by atoms with Crippen LogP contribution in [0.3, 0.4) is 0 Å². The average Bonchev–Trinajstić information content (AvgIpc) is 2.27. The Kier molecular flexibility index (Phi) is 5.09. The van der Waals surface area contributed by atoms with E-state index in [2.05, 4.69) is 4.72 Å². The number of hydrogen-bond donors (Lipinski definition) is 2. The van der Waals surface area contributed by atoms with Gasteiger partial charge in [0.25, 0.3) is 10.2 Å². The summed E-state index contributed by atoms with van der Waals surface area (Å²) in [6, 6.07) is 7.37. The molecule has 3 N–H and O–H groups in total. The molecule has 18 heavy (non-hydrogen) atoms. The molecule has 1 unspecified atom stereocenters. The van der Waals surface area contributed by atoms with Gasteiger partial charge in [-0.15, -0.1) is 0 Å². The van der Waals surface area contributed by atoms with Gasteiger partial charge in [0.1, 0.15) is 5.75 Å². The normalized spacial score (nSPS) is 13.6. The summed E-state index contributed by atoms with van der Waals surface area (Å²) in [4.78, 5) is 1.91. The summed E-state index contributed by atoms with van der Waals surface area (Å²) in [7, 11) is 1.65. The third-order valence-corrected chi connectivity index (χ3v) is 3.15. The Hall–Kier alpha value is -1.15. The Bertz CT molecular complexity index is 488. The molecular weight excluding hydrogens is 254 g/mol. The molecule has 102 valence electrons. The second-order valence-corrected chi connectivity index (χ2v) is 5.53. The number of nitrogens with one attached hydrogen (secondary N) is 1. The fourth-order valence-electron chi connectivity index (χ4n) is 1.64. The summed E-state index contributed by atoms with van der Waals surface area (Å²) in [6.07, 6.45) is 0. The molecule has 0 spiro atoms. The van der Waals surface area contributed by atoms with Gasteiger partial charge in [0.05, 0.1) is 7.11 Å². The molecule has 0 fully saturated rings. The zero-order chi connectivity index (χ0) is 13.8. The molecule has 0 heterocycles. The van der Waals surface area contributed by atoms with Crippen LogP contribution in [0.4, 0.5) is 0 Å². The van der Waals surface area contributed by atoms with Crippen LogP contribution in [-0.2, 0) is 10.2 Å². The van der Waals surface area contributed by atoms with Gasteiger partial charge in [-0.2, -0.15) is 8.42 Å². The number of benzene rings is 1. The predicted octanol–water partition coefficient (Wildman–Crippen LogP) is 0.0910. The standard InChI is InChI=1S/C11H19N3O3S/c1-14(2)11(8-13-18(12,15)16)9-5-4-6-10(7-9)17-3/h4-7,11,13H,8H2,1-3H3,(H2,12,15,16). The fraction of sp³-hybridized carbons (Fsp3) is 0.455. The number of likely N-dealkylation sites (N-methyl/N-ethyl adjacent to an activating group) is 1. The number of nitrogens with zero attached hydrogens (tertiary/aromatic N) is 1. The molecular formula is C11H19N3O3S. The molecule has 1 aromatic carbocycles. The Morgan fingerprint density at radius 3 is 2.61 bits per heavy atom. The molecule has 0 radical (unpaired) electrons. The van der Waals surface area contributed by atoms with E-state index in [4.69, 9.17) is 9.88 Å². The van der Waals surface area contributed by atoms with E-state index in [1.165, 1.54) is 0 Å². The third kappa shape index (κ3) is 4.61. The number of methoxy groups -OCH3 is 1. The van der Waals surface area contributed by atoms with Gasteiger partial charge in [-0.25, -0.2) is 9.86 Å². The van der Waals surface area contributed by atoms with Crippen LogP contribution in [0.1, 0.15) is 11.6 Å². The number of nitrogens with two attached hydrogens (primary N) is 1. The second kappa shape index (κ2) is 6.14. The number of rotatable bonds is 6. The summed E-state index contributed by atoms with van der Waals surface area (Å²) >= 11 is 0. The largest absolute Gasteiger partial charge is 0.497 e. The minimum atomic E-state index is -3.68. The molecule has 1 aromatic rings. The van der Waals surface area contributed by atoms with E-state index in [9.17, 15) is 8.42 Å². The smallest absolute Gasteiger partial charge is 0.274 e. The molecule has 0 amide bonds. The van der Waals surface area contributed by atoms with Crippen LogP contribution in [0.25, 0.3) is 0 Å². The van der Waals surface area contributed by atoms with Crippen molar-refractivity contribution in [1.29, 1.82) is 0 Å². The molecule has 0 bridgehead atoms. The number of ether oxygens (including phenoxy) is 1. The Morgan fingerprint density at radius 2 is 2.11 bits per heavy atom. The Morgan fingerprint density at radius 1 is 1.44 bits per heavy atom. The van der Waals surface area contributed by atoms with Gasteiger partial charge in [-0.3, -0.25) is 0 Å². The molecule has 0 aliphatic heterocycles. The first-order chi connectivity index (χ1) is 8.33. The van der Waals surface area contributed by atoms with Gasteiger partial charge in [0, 0.05) is 12.6 Å². The fourth-order valence-corrected chi connectivity index (χ4v) is 2.03. The van der Waals surface area contributed by atoms with Crippen molar-refractivity contribution in [3.8, 4) is 5.75 Å². The van der Waals surface area contributed by atoms with E-state index in [0.717, 1.165) is 11.3 Å². The summed E-state index contributed by atoms with van der Waals surface area (Å²) < 4.78 is 29.3. The van der Waals surface area contributed by atoms with E-state index in [1.54, 1.807) is 7.11 Å². The highest BCUT2D eigenvalue weighted by molar-refractivity contribution is 7.87. The van der Waals surface area contributed by atoms with Gasteiger partial charge < -0.3 is 9.64 Å². The lowest BCUT2D eigenvalue weighted by atomic mass is 10.1. The lowest BCUT2D eigenvalue weighted by molar-refractivity contribution is 0.298. The summed E-state index contributed by atoms with van der Waals surface area (Å²) in [5.41, 5.74) is 0.954. The molecule has 0 aromatic heterocycles. The van der Waals surface area contributed by atoms with Crippen LogP contribution in [0, 0.1) is 0 Å². The predicted molar refractivity (Wildman–Crippen MR) is 70.5 cm³/mol. The molecule has 0 aliphatic rings. The lowest BCUT2D eigenvalue weighted by Gasteiger charge is -2.25. The zero-order valence-corrected chi connectivity index (χ0v) is 11.6. The van der Waals surface area contributed by atoms with Gasteiger partial charge in [-0.05, 0) is 31.8 Å². The minimum Gasteiger partial charge on any atom is -0.497 e. The van der Waals surface area contributed by atoms with E-state index in [-0.39, 0.29) is 12.6 Å². The van der Waals surface area contributed by atoms with Gasteiger partial charge in [0.15, 0.2) is 0 Å². The topological polar surface area (TPSA) is 84.7 Å². The first kappa shape index (κ1) is 14.9. The van der Waals surface area contributed by atoms with E-state index in [1.807, 2.05) is 43.3 Å². The third-order valence-electron chi connectivity index (χ3n) is 2.58. The maximum Gasteiger partial charge on any atom is 0.274 e. The van der Waals surface area contributed by atoms with Crippen LogP contribution in [0.15, 0.2) is 24.3 Å². The maximum atomic E-state index is 10.9. The number of hydrogen-bond acceptors (Lipinski definition) is 4. The van der Waals surface area contributed by atoms with E-state index < -0.39 is 10.2 Å². The van der Waals surface area contributed by atoms with Crippen LogP contribution >= 0.6 is 0 Å². The van der Waals surface area contributed by atoms with Gasteiger partial charge >= 0.3 is 0 Å². The van der Waals surface area contributed by atoms with Gasteiger partial charge in [-0.1, -0.05) is 12.1 Å². The summed E-state index contributed by atoms with van der Waals surface area (Å²) in [5.74, 6) is 0.731. The monoisotopic (exact) mass is 273 g/mol. The van der Waals surface area contributed by atoms with Crippen molar-refractivity contribution in [3.63, 3.8) is 0 Å². The molecule has 0 aliphatic carbocycles. The first-order valence-electron chi connectivity index (χ1n) is 5.41. The SMILES string of the molecule is COc1cccc(C(CNS(N)(=O)=O)N(C)C)c1. The quantitative estimate of drug-likeness (QED) is 0.769. The van der Waals surface area contributed by atoms with Crippen molar-refractivity contribution in [2.24, 2.45) is 5.14 Å². The Balaban J connectivity index is 2.90. The molecule has 0 saturated carbocycles. The van der Waals surface area contributed by atoms with Crippen LogP contribution in [0.5, 0.6) is 5.75 Å². The Labute approximate surface area is 108 Å². The van der Waals surface area contributed by atoms with Crippen molar-refractivity contribution in [2.45, 2.75) is 6.04 Å². The van der Waals surface area contributed by atoms with Crippen molar-refractivity contribution >= 4 is 10.2 Å². The molecule has 1 atom stereocenters. The van der Waals surface area contributed by atoms with Crippen molar-refractivity contribution in [3.05, 3.63) is 29.8 Å². The highest BCUT2D eigenvalue weighted by Gasteiger charge is 2.16. The molecule has 0 saturated heterocycles. The summed E-state index contributed by atoms with van der Waals surface area (Å²) in [5, 5.41) is 4.94. The highest BCUT2D eigenvalue weighted by Crippen LogP contribution is 2.22. The van der Waals surface area contributed by atoms with Crippen LogP contribution in [0.2, 0.25) is 0 Å². The van der Waals surface area contributed by atoms with Crippen LogP contribution in [-0.4, -0.2) is 41.1 Å². The van der Waals surface area contributed by atoms with Crippen LogP contribution < -0.4 is 14.6 Å². The highest BCUT2D eigenvalue weighted by atomic mass is 32.2. The molecule has 7 heteroatoms. The van der Waals surface area contributed by atoms with Crippen molar-refractivity contribution in [2.75, 3.05) is 27.7 Å². The molecule has 1 rings (SSSR count). The average molecular weight is 273 g/mol. The first-order valence-corrected chi connectivity index (χ1v) is 6.96. The summed E-state index contributed by atoms with van der Waals surface area (Å²) in [6.45, 7) is 0.207. The maximum absolute atomic E-state index is 10.9. The van der Waals surface area contributed by atoms with Crippen molar-refractivity contribution < 1.29 is 13.2 Å². The van der Waals surface area contributed by atoms with E-state index in [0.29, 0.717) is 0 Å². The minimum absolute atomic E-state index is 0.113. The lowest BCUT2D eigenvalue weighted by Crippen LogP contribution is -2.38. The van der Waals surface area contributed by atoms with E-state index >= 15 is 0 Å². The van der Waals surface area contributed by atoms with Crippen molar-refractivity contribution in [1.82, 2.24) is 9.62 Å². The van der Waals surface area contributed by atoms with Gasteiger partial charge in [0.2, 0.25) is 0 Å². The molecule has 6 nitrogen and oxygen atoms in total. The zero-order valence-electron chi connectivity index (χ0n) is 10.8. The second-order valence-electron chi connectivity index (χ2n) is 4.15.